The van der Waals surface area contributed by atoms with Crippen LogP contribution in [0.4, 0.5) is 0 Å². The average molecular weight is 188 g/mol. The lowest BCUT2D eigenvalue weighted by Crippen LogP contribution is -2.47. The van der Waals surface area contributed by atoms with Crippen molar-refractivity contribution in [2.45, 2.75) is 12.5 Å². The molecular formula is C9H20N2O2. The maximum absolute atomic E-state index is 5.33. The third-order valence-corrected chi connectivity index (χ3v) is 2.09. The molecule has 1 atom stereocenters. The van der Waals surface area contributed by atoms with Crippen LogP contribution < -0.4 is 10.6 Å². The first-order valence-corrected chi connectivity index (χ1v) is 4.94. The molecule has 0 bridgehead atoms. The summed E-state index contributed by atoms with van der Waals surface area (Å²) in [6.07, 6.45) is 1.07. The third kappa shape index (κ3) is 5.21. The predicted octanol–water partition coefficient (Wildman–Crippen LogP) is -0.399. The summed E-state index contributed by atoms with van der Waals surface area (Å²) in [5, 5.41) is 6.76. The maximum atomic E-state index is 5.33. The molecule has 0 aliphatic carbocycles. The van der Waals surface area contributed by atoms with Crippen molar-refractivity contribution in [3.05, 3.63) is 0 Å². The van der Waals surface area contributed by atoms with Gasteiger partial charge in [-0.1, -0.05) is 0 Å². The number of methoxy groups -OCH3 is 1. The van der Waals surface area contributed by atoms with Crippen molar-refractivity contribution in [3.63, 3.8) is 0 Å². The molecule has 0 aromatic heterocycles. The maximum Gasteiger partial charge on any atom is 0.0632 e. The van der Waals surface area contributed by atoms with Gasteiger partial charge >= 0.3 is 0 Å². The van der Waals surface area contributed by atoms with Crippen molar-refractivity contribution < 1.29 is 9.47 Å². The minimum Gasteiger partial charge on any atom is -0.385 e. The lowest BCUT2D eigenvalue weighted by atomic mass is 10.3. The Morgan fingerprint density at radius 3 is 3.23 bits per heavy atom. The first kappa shape index (κ1) is 10.9. The molecular weight excluding hydrogens is 168 g/mol. The van der Waals surface area contributed by atoms with Gasteiger partial charge in [-0.25, -0.2) is 0 Å². The standard InChI is InChI=1S/C9H20N2O2/c1-12-5-2-3-10-7-9-8-13-6-4-11-9/h9-11H,2-8H2,1H3/t9-/m1/s1. The molecule has 0 spiro atoms. The Labute approximate surface area is 80.0 Å². The van der Waals surface area contributed by atoms with Gasteiger partial charge in [0.05, 0.1) is 13.2 Å². The molecule has 0 radical (unpaired) electrons. The van der Waals surface area contributed by atoms with Gasteiger partial charge in [0.2, 0.25) is 0 Å². The Morgan fingerprint density at radius 1 is 1.62 bits per heavy atom. The first-order valence-electron chi connectivity index (χ1n) is 4.94. The smallest absolute Gasteiger partial charge is 0.0632 e. The quantitative estimate of drug-likeness (QED) is 0.557. The molecule has 1 aliphatic heterocycles. The molecule has 0 amide bonds. The summed E-state index contributed by atoms with van der Waals surface area (Å²) < 4.78 is 10.3. The zero-order valence-corrected chi connectivity index (χ0v) is 8.34. The van der Waals surface area contributed by atoms with Crippen LogP contribution in [-0.2, 0) is 9.47 Å². The van der Waals surface area contributed by atoms with Gasteiger partial charge in [-0.15, -0.1) is 0 Å². The molecule has 13 heavy (non-hydrogen) atoms. The summed E-state index contributed by atoms with van der Waals surface area (Å²) in [4.78, 5) is 0. The number of hydrogen-bond acceptors (Lipinski definition) is 4. The minimum absolute atomic E-state index is 0.483. The highest BCUT2D eigenvalue weighted by molar-refractivity contribution is 4.72. The zero-order valence-electron chi connectivity index (χ0n) is 8.34. The molecule has 78 valence electrons. The molecule has 1 rings (SSSR count). The van der Waals surface area contributed by atoms with Crippen LogP contribution in [0.15, 0.2) is 0 Å². The van der Waals surface area contributed by atoms with Gasteiger partial charge in [0, 0.05) is 32.8 Å². The summed E-state index contributed by atoms with van der Waals surface area (Å²) >= 11 is 0. The monoisotopic (exact) mass is 188 g/mol. The summed E-state index contributed by atoms with van der Waals surface area (Å²) in [7, 11) is 1.73. The van der Waals surface area contributed by atoms with Gasteiger partial charge in [0.15, 0.2) is 0 Å². The Hall–Kier alpha value is -0.160. The van der Waals surface area contributed by atoms with E-state index in [9.17, 15) is 0 Å². The van der Waals surface area contributed by atoms with E-state index in [1.807, 2.05) is 0 Å². The number of rotatable bonds is 6. The van der Waals surface area contributed by atoms with Crippen LogP contribution in [0.1, 0.15) is 6.42 Å². The molecule has 2 N–H and O–H groups in total. The molecule has 4 heteroatoms. The second kappa shape index (κ2) is 7.26. The van der Waals surface area contributed by atoms with Crippen LogP contribution in [0.2, 0.25) is 0 Å². The highest BCUT2D eigenvalue weighted by Gasteiger charge is 2.11. The van der Waals surface area contributed by atoms with Crippen molar-refractivity contribution in [1.29, 1.82) is 0 Å². The molecule has 0 aromatic rings. The third-order valence-electron chi connectivity index (χ3n) is 2.09. The summed E-state index contributed by atoms with van der Waals surface area (Å²) in [5.41, 5.74) is 0. The number of morpholine rings is 1. The van der Waals surface area contributed by atoms with E-state index < -0.39 is 0 Å². The van der Waals surface area contributed by atoms with Crippen molar-refractivity contribution in [1.82, 2.24) is 10.6 Å². The topological polar surface area (TPSA) is 42.5 Å². The first-order chi connectivity index (χ1) is 6.43. The molecule has 1 fully saturated rings. The molecule has 1 aliphatic rings. The molecule has 1 saturated heterocycles. The highest BCUT2D eigenvalue weighted by atomic mass is 16.5. The van der Waals surface area contributed by atoms with Crippen molar-refractivity contribution >= 4 is 0 Å². The Kier molecular flexibility index (Phi) is 6.10. The summed E-state index contributed by atoms with van der Waals surface area (Å²) in [6, 6.07) is 0.483. The van der Waals surface area contributed by atoms with Crippen LogP contribution in [0.5, 0.6) is 0 Å². The lowest BCUT2D eigenvalue weighted by molar-refractivity contribution is 0.0765. The zero-order chi connectivity index (χ0) is 9.36. The van der Waals surface area contributed by atoms with E-state index in [0.29, 0.717) is 6.04 Å². The predicted molar refractivity (Wildman–Crippen MR) is 52.0 cm³/mol. The number of ether oxygens (including phenoxy) is 2. The number of nitrogens with one attached hydrogen (secondary N) is 2. The normalized spacial score (nSPS) is 23.3. The number of hydrogen-bond donors (Lipinski definition) is 2. The van der Waals surface area contributed by atoms with Crippen LogP contribution in [-0.4, -0.2) is 52.6 Å². The van der Waals surface area contributed by atoms with E-state index in [0.717, 1.165) is 45.9 Å². The second-order valence-corrected chi connectivity index (χ2v) is 3.28. The van der Waals surface area contributed by atoms with Crippen LogP contribution in [0.3, 0.4) is 0 Å². The van der Waals surface area contributed by atoms with Crippen molar-refractivity contribution in [2.24, 2.45) is 0 Å². The average Bonchev–Trinajstić information content (AvgIpc) is 2.19. The van der Waals surface area contributed by atoms with Crippen LogP contribution in [0.25, 0.3) is 0 Å². The van der Waals surface area contributed by atoms with E-state index >= 15 is 0 Å². The van der Waals surface area contributed by atoms with Gasteiger partial charge in [-0.05, 0) is 13.0 Å². The summed E-state index contributed by atoms with van der Waals surface area (Å²) in [6.45, 7) is 5.50. The Bertz CT molecular complexity index is 116. The van der Waals surface area contributed by atoms with E-state index in [-0.39, 0.29) is 0 Å². The minimum atomic E-state index is 0.483. The SMILES string of the molecule is COCCCNC[C@@H]1COCCN1. The Morgan fingerprint density at radius 2 is 2.54 bits per heavy atom. The molecule has 4 nitrogen and oxygen atoms in total. The fourth-order valence-corrected chi connectivity index (χ4v) is 1.37. The Balaban J connectivity index is 1.86. The molecule has 0 saturated carbocycles. The molecule has 0 unspecified atom stereocenters. The van der Waals surface area contributed by atoms with Crippen LogP contribution in [0, 0.1) is 0 Å². The van der Waals surface area contributed by atoms with Crippen molar-refractivity contribution in [3.8, 4) is 0 Å². The van der Waals surface area contributed by atoms with E-state index in [1.54, 1.807) is 7.11 Å². The van der Waals surface area contributed by atoms with Gasteiger partial charge in [-0.3, -0.25) is 0 Å². The second-order valence-electron chi connectivity index (χ2n) is 3.28. The van der Waals surface area contributed by atoms with Crippen molar-refractivity contribution in [2.75, 3.05) is 46.6 Å². The lowest BCUT2D eigenvalue weighted by Gasteiger charge is -2.23. The van der Waals surface area contributed by atoms with Crippen LogP contribution >= 0.6 is 0 Å². The van der Waals surface area contributed by atoms with Gasteiger partial charge in [0.1, 0.15) is 0 Å². The fourth-order valence-electron chi connectivity index (χ4n) is 1.37. The van der Waals surface area contributed by atoms with E-state index in [4.69, 9.17) is 9.47 Å². The highest BCUT2D eigenvalue weighted by Crippen LogP contribution is 1.90. The largest absolute Gasteiger partial charge is 0.385 e. The van der Waals surface area contributed by atoms with E-state index in [1.165, 1.54) is 0 Å². The van der Waals surface area contributed by atoms with Gasteiger partial charge in [0.25, 0.3) is 0 Å². The van der Waals surface area contributed by atoms with E-state index in [2.05, 4.69) is 10.6 Å². The van der Waals surface area contributed by atoms with Gasteiger partial charge in [-0.2, -0.15) is 0 Å². The molecule has 1 heterocycles. The van der Waals surface area contributed by atoms with Gasteiger partial charge < -0.3 is 20.1 Å². The molecule has 0 aromatic carbocycles. The fraction of sp³-hybridized carbons (Fsp3) is 1.00. The summed E-state index contributed by atoms with van der Waals surface area (Å²) in [5.74, 6) is 0.